The number of carbonyl (C=O) groups excluding carboxylic acids is 5. The number of nitrogens with one attached hydrogen (secondary N) is 6. The second-order valence-electron chi connectivity index (χ2n) is 8.40. The Morgan fingerprint density at radius 3 is 1.95 bits per heavy atom. The molecular weight excluding hydrogens is 1060 g/mol. The number of hydrogen-bond donors (Lipinski definition) is 8. The first-order valence-corrected chi connectivity index (χ1v) is 13.4. The second-order valence-corrected chi connectivity index (χ2v) is 8.40. The van der Waals surface area contributed by atoms with Gasteiger partial charge in [0.05, 0.1) is 26.1 Å². The van der Waals surface area contributed by atoms with Crippen molar-refractivity contribution in [2.45, 2.75) is 53.7 Å². The molecule has 0 aromatic heterocycles. The molecule has 1 unspecified atom stereocenters. The molecular formula is C29H45Fm2N7O6-2. The molecule has 15 heteroatoms. The van der Waals surface area contributed by atoms with Gasteiger partial charge in [-0.15, -0.1) is 12.1 Å². The summed E-state index contributed by atoms with van der Waals surface area (Å²) in [5.74, 6) is -1.10. The quantitative estimate of drug-likeness (QED) is 0.0606. The largest absolute Gasteiger partial charge is 0.503 e. The number of primary amides is 1. The number of aliphatic hydroxyl groups is 1. The summed E-state index contributed by atoms with van der Waals surface area (Å²) in [5.41, 5.74) is 6.30. The van der Waals surface area contributed by atoms with Crippen LogP contribution in [0.15, 0.2) is 42.5 Å². The van der Waals surface area contributed by atoms with Crippen LogP contribution in [0.3, 0.4) is 0 Å². The smallest absolute Gasteiger partial charge is 0.250 e. The second kappa shape index (κ2) is 28.1. The van der Waals surface area contributed by atoms with Crippen LogP contribution < -0.4 is 37.6 Å². The maximum atomic E-state index is 12.7. The summed E-state index contributed by atoms with van der Waals surface area (Å²) in [6.07, 6.45) is 4.46. The molecule has 0 radical (unpaired) electrons. The average Bonchev–Trinajstić information content (AvgIpc) is 2.99. The minimum absolute atomic E-state index is 0. The first kappa shape index (κ1) is 44.5. The molecule has 258 valence electrons. The zero-order chi connectivity index (χ0) is 32.3. The molecule has 0 aliphatic rings. The molecule has 44 heavy (non-hydrogen) atoms. The Hall–Kier alpha value is -6.49. The van der Waals surface area contributed by atoms with E-state index in [1.165, 1.54) is 37.4 Å². The van der Waals surface area contributed by atoms with Gasteiger partial charge in [-0.2, -0.15) is 11.4 Å². The van der Waals surface area contributed by atoms with Crippen LogP contribution in [-0.4, -0.2) is 62.5 Å². The average molecular weight is 1100 g/mol. The van der Waals surface area contributed by atoms with Crippen molar-refractivity contribution in [2.75, 3.05) is 36.2 Å². The van der Waals surface area contributed by atoms with Crippen molar-refractivity contribution in [1.29, 1.82) is 0 Å². The summed E-state index contributed by atoms with van der Waals surface area (Å²) in [6, 6.07) is 10.5. The summed E-state index contributed by atoms with van der Waals surface area (Å²) in [7, 11) is 1.96. The van der Waals surface area contributed by atoms with E-state index in [0.717, 1.165) is 17.8 Å². The third kappa shape index (κ3) is 18.0. The van der Waals surface area contributed by atoms with Crippen molar-refractivity contribution < 1.29 is 29.1 Å². The van der Waals surface area contributed by atoms with Crippen LogP contribution in [0.2, 0.25) is 0 Å². The van der Waals surface area contributed by atoms with Gasteiger partial charge in [0.1, 0.15) is 6.04 Å². The van der Waals surface area contributed by atoms with Gasteiger partial charge in [-0.25, -0.2) is 0 Å². The molecule has 0 saturated carbocycles. The monoisotopic (exact) mass is 1100 g/mol. The third-order valence-corrected chi connectivity index (χ3v) is 5.08. The van der Waals surface area contributed by atoms with E-state index in [4.69, 9.17) is 9.90 Å². The fourth-order valence-corrected chi connectivity index (χ4v) is 3.09. The number of benzene rings is 2. The van der Waals surface area contributed by atoms with Gasteiger partial charge < -0.3 is 52.3 Å². The van der Waals surface area contributed by atoms with Gasteiger partial charge >= 0.3 is 0 Å². The predicted molar refractivity (Wildman–Crippen MR) is 166 cm³/mol. The van der Waals surface area contributed by atoms with Crippen molar-refractivity contribution in [3.05, 3.63) is 53.6 Å². The Bertz CT molecular complexity index is 1060. The number of anilines is 3. The van der Waals surface area contributed by atoms with Crippen LogP contribution in [0.1, 0.15) is 57.0 Å². The molecule has 0 spiro atoms. The minimum atomic E-state index is -0.809. The van der Waals surface area contributed by atoms with Crippen molar-refractivity contribution in [3.63, 3.8) is 0 Å². The van der Waals surface area contributed by atoms with E-state index >= 15 is 0 Å². The van der Waals surface area contributed by atoms with Crippen LogP contribution in [-0.2, 0) is 25.8 Å². The summed E-state index contributed by atoms with van der Waals surface area (Å²) in [4.78, 5) is 55.1. The van der Waals surface area contributed by atoms with Gasteiger partial charge in [-0.3, -0.25) is 14.4 Å². The SMILES string of the molecule is CC.CC(C)C(NC(=O)c1ccc(N[C-]=O)c(N[C-]=O)c1)C(=O)NCNc1ccc(CO)cc1.CCCNC.NC=O.[Fm].[Fm]. The Kier molecular flexibility index (Phi) is 28.4. The van der Waals surface area contributed by atoms with Crippen LogP contribution in [0, 0.1) is 5.92 Å². The van der Waals surface area contributed by atoms with Gasteiger partial charge in [0.15, 0.2) is 0 Å². The fraction of sp³-hybridized carbons (Fsp3) is 0.414. The minimum Gasteiger partial charge on any atom is -0.503 e. The predicted octanol–water partition coefficient (Wildman–Crippen LogP) is 1.82. The number of aliphatic hydroxyl groups excluding tert-OH is 1. The first-order chi connectivity index (χ1) is 20.2. The molecule has 2 aromatic rings. The molecule has 2 rings (SSSR count). The van der Waals surface area contributed by atoms with Gasteiger partial charge in [-0.1, -0.05) is 52.8 Å². The summed E-state index contributed by atoms with van der Waals surface area (Å²) in [6.45, 7) is 11.0. The molecule has 0 saturated heterocycles. The van der Waals surface area contributed by atoms with E-state index < -0.39 is 11.9 Å². The van der Waals surface area contributed by atoms with E-state index in [9.17, 15) is 19.2 Å². The fourth-order valence-electron chi connectivity index (χ4n) is 3.09. The van der Waals surface area contributed by atoms with Crippen molar-refractivity contribution in [3.8, 4) is 0 Å². The molecule has 0 aliphatic heterocycles. The maximum Gasteiger partial charge on any atom is 0.250 e. The van der Waals surface area contributed by atoms with Gasteiger partial charge in [0.2, 0.25) is 18.2 Å². The van der Waals surface area contributed by atoms with Crippen LogP contribution in [0.5, 0.6) is 0 Å². The van der Waals surface area contributed by atoms with E-state index in [-0.39, 0.29) is 48.4 Å². The Labute approximate surface area is 248 Å². The number of amides is 5. The third-order valence-electron chi connectivity index (χ3n) is 5.08. The number of rotatable bonds is 14. The molecule has 1 atom stereocenters. The maximum absolute atomic E-state index is 12.7. The van der Waals surface area contributed by atoms with Crippen molar-refractivity contribution in [1.82, 2.24) is 16.0 Å². The Balaban J connectivity index is -0.000000585. The van der Waals surface area contributed by atoms with Crippen molar-refractivity contribution in [2.24, 2.45) is 11.7 Å². The van der Waals surface area contributed by atoms with Crippen LogP contribution >= 0.6 is 0 Å². The van der Waals surface area contributed by atoms with Crippen molar-refractivity contribution >= 4 is 48.1 Å². The van der Waals surface area contributed by atoms with Gasteiger partial charge in [-0.05, 0) is 43.6 Å². The first-order valence-electron chi connectivity index (χ1n) is 13.4. The zero-order valence-corrected chi connectivity index (χ0v) is 30.6. The normalized spacial score (nSPS) is 9.55. The Morgan fingerprint density at radius 2 is 1.52 bits per heavy atom. The zero-order valence-electron chi connectivity index (χ0n) is 25.7. The molecule has 13 nitrogen and oxygen atoms in total. The molecule has 5 amide bonds. The van der Waals surface area contributed by atoms with Gasteiger partial charge in [0.25, 0.3) is 0 Å². The van der Waals surface area contributed by atoms with E-state index in [1.807, 2.05) is 20.9 Å². The van der Waals surface area contributed by atoms with Crippen LogP contribution in [0.4, 0.5) is 17.1 Å². The number of carbonyl (C=O) groups is 3. The van der Waals surface area contributed by atoms with E-state index in [2.05, 4.69) is 44.6 Å². The molecule has 0 bridgehead atoms. The van der Waals surface area contributed by atoms with E-state index in [0.29, 0.717) is 0 Å². The van der Waals surface area contributed by atoms with Crippen LogP contribution in [0.25, 0.3) is 0 Å². The number of nitrogens with two attached hydrogens (primary N) is 1. The molecule has 2 aromatic carbocycles. The number of hydrogen-bond acceptors (Lipinski definition) is 8. The standard InChI is InChI=1S/C22H25N5O5.C4H11N.C2H6.CH3NO.2Fm/c1-14(2)20(22(32)24-11-23-17-6-3-15(10-28)4-7-17)27-21(31)16-5-8-18(25-12-29)19(9-16)26-13-30;1-3-4-5-2;1-2;2-1-3;;/h3-9,14,20,23,28H,10-11H2,1-2H3,(H,24,32)(H,25,29)(H,26,30)(H,27,31);5H,3-4H2,1-2H3;1-2H3;1H,(H2,2,3);;/q-2;;;;;. The summed E-state index contributed by atoms with van der Waals surface area (Å²) >= 11 is 0. The molecule has 0 heterocycles. The molecule has 9 N–H and O–H groups in total. The Morgan fingerprint density at radius 1 is 0.977 bits per heavy atom. The van der Waals surface area contributed by atoms with E-state index in [1.54, 1.807) is 38.1 Å². The summed E-state index contributed by atoms with van der Waals surface area (Å²) in [5, 5.41) is 25.1. The topological polar surface area (TPSA) is 204 Å². The summed E-state index contributed by atoms with van der Waals surface area (Å²) < 4.78 is 0. The van der Waals surface area contributed by atoms with Gasteiger partial charge in [0, 0.05) is 11.3 Å². The molecule has 0 aliphatic carbocycles. The molecule has 0 fully saturated rings.